The van der Waals surface area contributed by atoms with Crippen LogP contribution in [0.1, 0.15) is 43.2 Å². The minimum Gasteiger partial charge on any atom is -0.356 e. The Morgan fingerprint density at radius 2 is 2.05 bits per heavy atom. The SMILES string of the molecule is Cc1ccc(CCNC(=O)CCC2CCCCN2C)cc1. The van der Waals surface area contributed by atoms with Gasteiger partial charge in [-0.1, -0.05) is 36.2 Å². The van der Waals surface area contributed by atoms with Gasteiger partial charge in [-0.05, 0) is 51.8 Å². The molecule has 0 aliphatic carbocycles. The first-order valence-corrected chi connectivity index (χ1v) is 8.17. The number of nitrogens with zero attached hydrogens (tertiary/aromatic N) is 1. The number of benzene rings is 1. The maximum atomic E-state index is 11.9. The molecule has 1 fully saturated rings. The lowest BCUT2D eigenvalue weighted by Gasteiger charge is -2.32. The van der Waals surface area contributed by atoms with Crippen LogP contribution in [0, 0.1) is 6.92 Å². The predicted molar refractivity (Wildman–Crippen MR) is 87.4 cm³/mol. The van der Waals surface area contributed by atoms with Gasteiger partial charge in [0.05, 0.1) is 0 Å². The highest BCUT2D eigenvalue weighted by Gasteiger charge is 2.19. The van der Waals surface area contributed by atoms with Crippen molar-refractivity contribution >= 4 is 5.91 Å². The van der Waals surface area contributed by atoms with Gasteiger partial charge >= 0.3 is 0 Å². The van der Waals surface area contributed by atoms with Gasteiger partial charge in [0.15, 0.2) is 0 Å². The Labute approximate surface area is 128 Å². The fourth-order valence-corrected chi connectivity index (χ4v) is 3.00. The number of piperidine rings is 1. The van der Waals surface area contributed by atoms with Crippen molar-refractivity contribution in [3.63, 3.8) is 0 Å². The Hall–Kier alpha value is -1.35. The van der Waals surface area contributed by atoms with Crippen molar-refractivity contribution < 1.29 is 4.79 Å². The van der Waals surface area contributed by atoms with E-state index in [4.69, 9.17) is 0 Å². The number of likely N-dealkylation sites (tertiary alicyclic amines) is 1. The van der Waals surface area contributed by atoms with Crippen molar-refractivity contribution in [2.24, 2.45) is 0 Å². The molecule has 0 saturated carbocycles. The number of amides is 1. The molecule has 1 aromatic carbocycles. The monoisotopic (exact) mass is 288 g/mol. The lowest BCUT2D eigenvalue weighted by atomic mass is 9.98. The quantitative estimate of drug-likeness (QED) is 0.873. The van der Waals surface area contributed by atoms with Crippen LogP contribution in [0.25, 0.3) is 0 Å². The molecule has 1 heterocycles. The first-order chi connectivity index (χ1) is 10.1. The molecule has 0 aromatic heterocycles. The van der Waals surface area contributed by atoms with E-state index in [1.54, 1.807) is 0 Å². The molecule has 3 heteroatoms. The molecule has 2 rings (SSSR count). The van der Waals surface area contributed by atoms with E-state index >= 15 is 0 Å². The fourth-order valence-electron chi connectivity index (χ4n) is 3.00. The van der Waals surface area contributed by atoms with Crippen LogP contribution >= 0.6 is 0 Å². The fraction of sp³-hybridized carbons (Fsp3) is 0.611. The van der Waals surface area contributed by atoms with Gasteiger partial charge in [0.25, 0.3) is 0 Å². The van der Waals surface area contributed by atoms with Crippen LogP contribution < -0.4 is 5.32 Å². The van der Waals surface area contributed by atoms with Crippen molar-refractivity contribution in [3.05, 3.63) is 35.4 Å². The molecule has 1 amide bonds. The molecule has 0 bridgehead atoms. The van der Waals surface area contributed by atoms with E-state index in [9.17, 15) is 4.79 Å². The molecule has 1 unspecified atom stereocenters. The normalized spacial score (nSPS) is 19.4. The molecule has 3 nitrogen and oxygen atoms in total. The highest BCUT2D eigenvalue weighted by molar-refractivity contribution is 5.75. The number of nitrogens with one attached hydrogen (secondary N) is 1. The zero-order valence-corrected chi connectivity index (χ0v) is 13.4. The number of rotatable bonds is 6. The molecule has 0 radical (unpaired) electrons. The van der Waals surface area contributed by atoms with Gasteiger partial charge < -0.3 is 10.2 Å². The minimum absolute atomic E-state index is 0.195. The summed E-state index contributed by atoms with van der Waals surface area (Å²) in [7, 11) is 2.18. The molecule has 21 heavy (non-hydrogen) atoms. The summed E-state index contributed by atoms with van der Waals surface area (Å²) in [6, 6.07) is 9.12. The summed E-state index contributed by atoms with van der Waals surface area (Å²) in [5, 5.41) is 3.04. The maximum Gasteiger partial charge on any atom is 0.220 e. The molecule has 0 spiro atoms. The summed E-state index contributed by atoms with van der Waals surface area (Å²) in [6.07, 6.45) is 6.41. The molecule has 1 aliphatic rings. The summed E-state index contributed by atoms with van der Waals surface area (Å²) in [5.41, 5.74) is 2.56. The van der Waals surface area contributed by atoms with Gasteiger partial charge in [-0.15, -0.1) is 0 Å². The van der Waals surface area contributed by atoms with Crippen molar-refractivity contribution in [3.8, 4) is 0 Å². The second-order valence-corrected chi connectivity index (χ2v) is 6.25. The van der Waals surface area contributed by atoms with Crippen LogP contribution in [0.15, 0.2) is 24.3 Å². The Morgan fingerprint density at radius 3 is 2.76 bits per heavy atom. The highest BCUT2D eigenvalue weighted by Crippen LogP contribution is 2.18. The largest absolute Gasteiger partial charge is 0.356 e. The third-order valence-corrected chi connectivity index (χ3v) is 4.48. The molecular weight excluding hydrogens is 260 g/mol. The van der Waals surface area contributed by atoms with Crippen LogP contribution in [-0.2, 0) is 11.2 Å². The summed E-state index contributed by atoms with van der Waals surface area (Å²) < 4.78 is 0. The van der Waals surface area contributed by atoms with Crippen LogP contribution in [-0.4, -0.2) is 37.0 Å². The smallest absolute Gasteiger partial charge is 0.220 e. The summed E-state index contributed by atoms with van der Waals surface area (Å²) >= 11 is 0. The van der Waals surface area contributed by atoms with E-state index in [-0.39, 0.29) is 5.91 Å². The minimum atomic E-state index is 0.195. The van der Waals surface area contributed by atoms with Gasteiger partial charge in [-0.25, -0.2) is 0 Å². The highest BCUT2D eigenvalue weighted by atomic mass is 16.1. The van der Waals surface area contributed by atoms with Gasteiger partial charge in [0.1, 0.15) is 0 Å². The van der Waals surface area contributed by atoms with Crippen LogP contribution in [0.4, 0.5) is 0 Å². The van der Waals surface area contributed by atoms with Crippen LogP contribution in [0.2, 0.25) is 0 Å². The van der Waals surface area contributed by atoms with Gasteiger partial charge in [0.2, 0.25) is 5.91 Å². The summed E-state index contributed by atoms with van der Waals surface area (Å²) in [6.45, 7) is 4.01. The lowest BCUT2D eigenvalue weighted by molar-refractivity contribution is -0.121. The standard InChI is InChI=1S/C18H28N2O/c1-15-6-8-16(9-7-15)12-13-19-18(21)11-10-17-5-3-4-14-20(17)2/h6-9,17H,3-5,10-14H2,1-2H3,(H,19,21). The van der Waals surface area contributed by atoms with Gasteiger partial charge in [-0.3, -0.25) is 4.79 Å². The van der Waals surface area contributed by atoms with E-state index in [1.807, 2.05) is 0 Å². The number of hydrogen-bond acceptors (Lipinski definition) is 2. The van der Waals surface area contributed by atoms with Crippen LogP contribution in [0.5, 0.6) is 0 Å². The second-order valence-electron chi connectivity index (χ2n) is 6.25. The van der Waals surface area contributed by atoms with Gasteiger partial charge in [0, 0.05) is 19.0 Å². The maximum absolute atomic E-state index is 11.9. The van der Waals surface area contributed by atoms with E-state index < -0.39 is 0 Å². The molecule has 1 atom stereocenters. The van der Waals surface area contributed by atoms with Crippen LogP contribution in [0.3, 0.4) is 0 Å². The Morgan fingerprint density at radius 1 is 1.29 bits per heavy atom. The van der Waals surface area contributed by atoms with Crippen molar-refractivity contribution in [1.82, 2.24) is 10.2 Å². The zero-order chi connectivity index (χ0) is 15.1. The first kappa shape index (κ1) is 16.0. The van der Waals surface area contributed by atoms with E-state index in [1.165, 1.54) is 36.9 Å². The molecule has 1 aromatic rings. The molecule has 1 aliphatic heterocycles. The van der Waals surface area contributed by atoms with E-state index in [2.05, 4.69) is 48.5 Å². The van der Waals surface area contributed by atoms with E-state index in [0.717, 1.165) is 19.4 Å². The molecular formula is C18H28N2O. The molecule has 1 saturated heterocycles. The first-order valence-electron chi connectivity index (χ1n) is 8.17. The molecule has 116 valence electrons. The summed E-state index contributed by atoms with van der Waals surface area (Å²) in [4.78, 5) is 14.3. The average molecular weight is 288 g/mol. The number of aryl methyl sites for hydroxylation is 1. The third-order valence-electron chi connectivity index (χ3n) is 4.48. The zero-order valence-electron chi connectivity index (χ0n) is 13.4. The average Bonchev–Trinajstić information content (AvgIpc) is 2.48. The summed E-state index contributed by atoms with van der Waals surface area (Å²) in [5.74, 6) is 0.195. The Balaban J connectivity index is 1.62. The second kappa shape index (κ2) is 8.18. The topological polar surface area (TPSA) is 32.3 Å². The van der Waals surface area contributed by atoms with Crippen molar-refractivity contribution in [1.29, 1.82) is 0 Å². The number of hydrogen-bond donors (Lipinski definition) is 1. The third kappa shape index (κ3) is 5.50. The van der Waals surface area contributed by atoms with Gasteiger partial charge in [-0.2, -0.15) is 0 Å². The molecule has 1 N–H and O–H groups in total. The predicted octanol–water partition coefficient (Wildman–Crippen LogP) is 2.92. The Bertz CT molecular complexity index is 441. The Kier molecular flexibility index (Phi) is 6.24. The number of carbonyl (C=O) groups excluding carboxylic acids is 1. The van der Waals surface area contributed by atoms with Crippen molar-refractivity contribution in [2.75, 3.05) is 20.1 Å². The lowest BCUT2D eigenvalue weighted by Crippen LogP contribution is -2.37. The van der Waals surface area contributed by atoms with Crippen molar-refractivity contribution in [2.45, 2.75) is 51.5 Å². The van der Waals surface area contributed by atoms with E-state index in [0.29, 0.717) is 12.5 Å². The number of carbonyl (C=O) groups is 1.